The number of hydrogen-bond acceptors (Lipinski definition) is 2. The number of carbonyl (C=O) groups is 1. The smallest absolute Gasteiger partial charge is 0.338 e. The van der Waals surface area contributed by atoms with E-state index in [2.05, 4.69) is 0 Å². The lowest BCUT2D eigenvalue weighted by Crippen LogP contribution is -2.23. The molecule has 1 atom stereocenters. The summed E-state index contributed by atoms with van der Waals surface area (Å²) in [6, 6.07) is 2.85. The third-order valence-corrected chi connectivity index (χ3v) is 2.56. The predicted molar refractivity (Wildman–Crippen MR) is 57.6 cm³/mol. The lowest BCUT2D eigenvalue weighted by Gasteiger charge is -2.20. The Morgan fingerprint density at radius 2 is 2.12 bits per heavy atom. The molecule has 0 saturated carbocycles. The molecule has 84 valence electrons. The van der Waals surface area contributed by atoms with Crippen LogP contribution in [0.15, 0.2) is 17.7 Å². The van der Waals surface area contributed by atoms with Crippen molar-refractivity contribution >= 4 is 35.2 Å². The van der Waals surface area contributed by atoms with Crippen LogP contribution in [0.25, 0.3) is 6.08 Å². The number of halogens is 3. The standard InChI is InChI=1S/C10H5Cl2FO3/c11-5-1-4-2-6(10(14)15)9(13)16-8(4)7(12)3-5/h1-3,9H,(H,14,15). The molecule has 0 fully saturated rings. The SMILES string of the molecule is O=C(O)C1=Cc2cc(Cl)cc(Cl)c2OC1F. The van der Waals surface area contributed by atoms with Gasteiger partial charge in [-0.05, 0) is 18.2 Å². The highest BCUT2D eigenvalue weighted by molar-refractivity contribution is 6.36. The Morgan fingerprint density at radius 1 is 1.44 bits per heavy atom. The van der Waals surface area contributed by atoms with Gasteiger partial charge >= 0.3 is 5.97 Å². The number of benzene rings is 1. The highest BCUT2D eigenvalue weighted by Gasteiger charge is 2.28. The number of carboxylic acids is 1. The fourth-order valence-corrected chi connectivity index (χ4v) is 1.92. The van der Waals surface area contributed by atoms with Crippen molar-refractivity contribution in [3.63, 3.8) is 0 Å². The zero-order valence-electron chi connectivity index (χ0n) is 7.71. The summed E-state index contributed by atoms with van der Waals surface area (Å²) in [5.41, 5.74) is -0.130. The Labute approximate surface area is 100 Å². The maximum absolute atomic E-state index is 13.3. The molecule has 0 amide bonds. The van der Waals surface area contributed by atoms with E-state index in [9.17, 15) is 9.18 Å². The number of fused-ring (bicyclic) bond motifs is 1. The average molecular weight is 263 g/mol. The maximum atomic E-state index is 13.3. The normalized spacial score (nSPS) is 18.4. The molecule has 0 aliphatic carbocycles. The van der Waals surface area contributed by atoms with Gasteiger partial charge in [-0.3, -0.25) is 0 Å². The Hall–Kier alpha value is -1.26. The first-order valence-electron chi connectivity index (χ1n) is 4.23. The van der Waals surface area contributed by atoms with Gasteiger partial charge in [0.25, 0.3) is 6.36 Å². The van der Waals surface area contributed by atoms with E-state index in [1.165, 1.54) is 12.1 Å². The minimum atomic E-state index is -2.02. The van der Waals surface area contributed by atoms with Crippen LogP contribution in [0, 0.1) is 0 Å². The zero-order valence-corrected chi connectivity index (χ0v) is 9.22. The van der Waals surface area contributed by atoms with Crippen molar-refractivity contribution in [1.82, 2.24) is 0 Å². The largest absolute Gasteiger partial charge is 0.478 e. The fraction of sp³-hybridized carbons (Fsp3) is 0.100. The van der Waals surface area contributed by atoms with Gasteiger partial charge in [-0.15, -0.1) is 0 Å². The van der Waals surface area contributed by atoms with Crippen molar-refractivity contribution in [2.75, 3.05) is 0 Å². The van der Waals surface area contributed by atoms with E-state index in [1.807, 2.05) is 0 Å². The second kappa shape index (κ2) is 3.96. The molecule has 0 saturated heterocycles. The summed E-state index contributed by atoms with van der Waals surface area (Å²) in [5, 5.41) is 9.19. The Bertz CT molecular complexity index is 499. The predicted octanol–water partition coefficient (Wildman–Crippen LogP) is 3.15. The quantitative estimate of drug-likeness (QED) is 0.846. The summed E-state index contributed by atoms with van der Waals surface area (Å²) in [6.07, 6.45) is -0.868. The van der Waals surface area contributed by atoms with E-state index >= 15 is 0 Å². The molecule has 1 aliphatic rings. The van der Waals surface area contributed by atoms with Gasteiger partial charge in [-0.25, -0.2) is 4.79 Å². The van der Waals surface area contributed by atoms with Gasteiger partial charge in [-0.2, -0.15) is 4.39 Å². The van der Waals surface area contributed by atoms with Gasteiger partial charge in [0, 0.05) is 10.6 Å². The fourth-order valence-electron chi connectivity index (χ4n) is 1.37. The van der Waals surface area contributed by atoms with Gasteiger partial charge in [0.1, 0.15) is 11.3 Å². The summed E-state index contributed by atoms with van der Waals surface area (Å²) in [4.78, 5) is 10.7. The van der Waals surface area contributed by atoms with Gasteiger partial charge in [0.05, 0.1) is 5.02 Å². The molecular formula is C10H5Cl2FO3. The van der Waals surface area contributed by atoms with Gasteiger partial charge in [-0.1, -0.05) is 23.2 Å². The van der Waals surface area contributed by atoms with Crippen LogP contribution in [0.5, 0.6) is 5.75 Å². The van der Waals surface area contributed by atoms with E-state index < -0.39 is 17.9 Å². The molecule has 0 aromatic heterocycles. The number of aliphatic carboxylic acids is 1. The molecule has 1 aromatic carbocycles. The number of alkyl halides is 1. The van der Waals surface area contributed by atoms with Crippen molar-refractivity contribution in [1.29, 1.82) is 0 Å². The van der Waals surface area contributed by atoms with Crippen LogP contribution in [0.2, 0.25) is 10.0 Å². The Balaban J connectivity index is 2.59. The molecule has 2 rings (SSSR count). The molecule has 1 aliphatic heterocycles. The van der Waals surface area contributed by atoms with Crippen LogP contribution < -0.4 is 4.74 Å². The summed E-state index contributed by atoms with van der Waals surface area (Å²) >= 11 is 11.5. The Morgan fingerprint density at radius 3 is 2.75 bits per heavy atom. The molecule has 1 aromatic rings. The van der Waals surface area contributed by atoms with Crippen molar-refractivity contribution in [3.05, 3.63) is 33.3 Å². The van der Waals surface area contributed by atoms with Crippen LogP contribution in [0.1, 0.15) is 5.56 Å². The van der Waals surface area contributed by atoms with E-state index in [0.29, 0.717) is 10.6 Å². The number of rotatable bonds is 1. The van der Waals surface area contributed by atoms with Crippen LogP contribution >= 0.6 is 23.2 Å². The highest BCUT2D eigenvalue weighted by atomic mass is 35.5. The zero-order chi connectivity index (χ0) is 11.9. The van der Waals surface area contributed by atoms with Crippen molar-refractivity contribution < 1.29 is 19.0 Å². The molecule has 3 nitrogen and oxygen atoms in total. The second-order valence-electron chi connectivity index (χ2n) is 3.14. The average Bonchev–Trinajstić information content (AvgIpc) is 2.18. The van der Waals surface area contributed by atoms with Gasteiger partial charge < -0.3 is 9.84 Å². The lowest BCUT2D eigenvalue weighted by atomic mass is 10.1. The third kappa shape index (κ3) is 1.86. The van der Waals surface area contributed by atoms with Crippen LogP contribution in [-0.2, 0) is 4.79 Å². The molecule has 0 spiro atoms. The highest BCUT2D eigenvalue weighted by Crippen LogP contribution is 2.38. The second-order valence-corrected chi connectivity index (χ2v) is 3.99. The topological polar surface area (TPSA) is 46.5 Å². The number of carboxylic acid groups (broad SMARTS) is 1. The number of hydrogen-bond donors (Lipinski definition) is 1. The molecule has 16 heavy (non-hydrogen) atoms. The van der Waals surface area contributed by atoms with Gasteiger partial charge in [0.2, 0.25) is 0 Å². The summed E-state index contributed by atoms with van der Waals surface area (Å²) in [5.74, 6) is -1.28. The molecule has 1 heterocycles. The maximum Gasteiger partial charge on any atom is 0.338 e. The van der Waals surface area contributed by atoms with Crippen LogP contribution in [0.4, 0.5) is 4.39 Å². The van der Waals surface area contributed by atoms with Crippen molar-refractivity contribution in [2.45, 2.75) is 6.36 Å². The minimum absolute atomic E-state index is 0.101. The van der Waals surface area contributed by atoms with Crippen LogP contribution in [-0.4, -0.2) is 17.4 Å². The first-order valence-corrected chi connectivity index (χ1v) is 4.99. The van der Waals surface area contributed by atoms with E-state index in [-0.39, 0.29) is 10.8 Å². The molecule has 0 bridgehead atoms. The monoisotopic (exact) mass is 262 g/mol. The van der Waals surface area contributed by atoms with E-state index in [1.54, 1.807) is 0 Å². The van der Waals surface area contributed by atoms with Crippen molar-refractivity contribution in [2.24, 2.45) is 0 Å². The first-order chi connectivity index (χ1) is 7.49. The Kier molecular flexibility index (Phi) is 2.78. The third-order valence-electron chi connectivity index (χ3n) is 2.06. The molecule has 0 radical (unpaired) electrons. The molecular weight excluding hydrogens is 258 g/mol. The summed E-state index contributed by atoms with van der Waals surface area (Å²) in [7, 11) is 0. The van der Waals surface area contributed by atoms with E-state index in [4.69, 9.17) is 33.0 Å². The summed E-state index contributed by atoms with van der Waals surface area (Å²) in [6.45, 7) is 0. The van der Waals surface area contributed by atoms with Gasteiger partial charge in [0.15, 0.2) is 0 Å². The van der Waals surface area contributed by atoms with Crippen molar-refractivity contribution in [3.8, 4) is 5.75 Å². The molecule has 1 unspecified atom stereocenters. The minimum Gasteiger partial charge on any atom is -0.478 e. The van der Waals surface area contributed by atoms with E-state index in [0.717, 1.165) is 6.08 Å². The molecule has 1 N–H and O–H groups in total. The van der Waals surface area contributed by atoms with Crippen LogP contribution in [0.3, 0.4) is 0 Å². The summed E-state index contributed by atoms with van der Waals surface area (Å²) < 4.78 is 18.1. The molecule has 6 heteroatoms. The number of ether oxygens (including phenoxy) is 1. The lowest BCUT2D eigenvalue weighted by molar-refractivity contribution is -0.134. The first kappa shape index (κ1) is 11.2.